The standard InChI is InChI=1S/C26H19ClNO2S/c1-17-13-20(27)14-21-25(29)19(16-30-26(17)21)11-12-24-28(15-18-7-3-2-4-8-18)22-9-5-6-10-23(22)31-24/h2-14,16H,15H2,1H3/q+1/b12-11+. The molecule has 2 heterocycles. The minimum Gasteiger partial charge on any atom is -0.463 e. The molecule has 0 radical (unpaired) electrons. The summed E-state index contributed by atoms with van der Waals surface area (Å²) in [5, 5.41) is 2.09. The van der Waals surface area contributed by atoms with Crippen LogP contribution in [0.3, 0.4) is 0 Å². The van der Waals surface area contributed by atoms with Crippen LogP contribution < -0.4 is 10.00 Å². The van der Waals surface area contributed by atoms with Crippen LogP contribution in [0.25, 0.3) is 33.3 Å². The van der Waals surface area contributed by atoms with Gasteiger partial charge in [0, 0.05) is 22.7 Å². The minimum absolute atomic E-state index is 0.0844. The number of benzene rings is 3. The molecule has 0 spiro atoms. The van der Waals surface area contributed by atoms with Crippen molar-refractivity contribution in [3.05, 3.63) is 110 Å². The molecule has 0 N–H and O–H groups in total. The molecule has 5 rings (SSSR count). The number of nitrogens with zero attached hydrogens (tertiary/aromatic N) is 1. The molecule has 3 nitrogen and oxygen atoms in total. The zero-order chi connectivity index (χ0) is 21.4. The van der Waals surface area contributed by atoms with E-state index < -0.39 is 0 Å². The molecule has 152 valence electrons. The summed E-state index contributed by atoms with van der Waals surface area (Å²) < 4.78 is 9.24. The number of hydrogen-bond donors (Lipinski definition) is 0. The molecule has 5 aromatic rings. The fourth-order valence-electron chi connectivity index (χ4n) is 3.77. The van der Waals surface area contributed by atoms with Crippen LogP contribution in [0.5, 0.6) is 0 Å². The zero-order valence-corrected chi connectivity index (χ0v) is 18.4. The number of aryl methyl sites for hydroxylation is 1. The Bertz CT molecular complexity index is 1500. The normalized spacial score (nSPS) is 11.7. The molecule has 0 unspecified atom stereocenters. The van der Waals surface area contributed by atoms with E-state index in [-0.39, 0.29) is 5.43 Å². The third-order valence-electron chi connectivity index (χ3n) is 5.28. The van der Waals surface area contributed by atoms with Gasteiger partial charge in [0.1, 0.15) is 16.5 Å². The lowest BCUT2D eigenvalue weighted by Crippen LogP contribution is -2.35. The van der Waals surface area contributed by atoms with E-state index in [1.54, 1.807) is 23.5 Å². The molecule has 3 aromatic carbocycles. The molecular weight excluding hydrogens is 426 g/mol. The SMILES string of the molecule is Cc1cc(Cl)cc2c(=O)c(/C=C/c3sc4ccccc4[n+]3Cc3ccccc3)coc12. The van der Waals surface area contributed by atoms with E-state index in [0.717, 1.165) is 17.1 Å². The predicted octanol–water partition coefficient (Wildman–Crippen LogP) is 6.48. The van der Waals surface area contributed by atoms with Gasteiger partial charge in [0.2, 0.25) is 5.52 Å². The lowest BCUT2D eigenvalue weighted by Gasteiger charge is -2.02. The van der Waals surface area contributed by atoms with Crippen molar-refractivity contribution in [2.24, 2.45) is 0 Å². The number of aromatic nitrogens is 1. The predicted molar refractivity (Wildman–Crippen MR) is 129 cm³/mol. The lowest BCUT2D eigenvalue weighted by atomic mass is 10.1. The van der Waals surface area contributed by atoms with E-state index >= 15 is 0 Å². The Morgan fingerprint density at radius 3 is 2.65 bits per heavy atom. The van der Waals surface area contributed by atoms with Gasteiger partial charge < -0.3 is 4.42 Å². The molecule has 5 heteroatoms. The van der Waals surface area contributed by atoms with Gasteiger partial charge in [-0.25, -0.2) is 0 Å². The highest BCUT2D eigenvalue weighted by Crippen LogP contribution is 2.24. The molecule has 0 amide bonds. The van der Waals surface area contributed by atoms with E-state index in [1.807, 2.05) is 49.4 Å². The van der Waals surface area contributed by atoms with Gasteiger partial charge in [-0.05, 0) is 36.8 Å². The van der Waals surface area contributed by atoms with E-state index in [1.165, 1.54) is 22.0 Å². The molecule has 0 bridgehead atoms. The molecule has 0 aliphatic carbocycles. The summed E-state index contributed by atoms with van der Waals surface area (Å²) >= 11 is 7.86. The van der Waals surface area contributed by atoms with Crippen LogP contribution >= 0.6 is 22.9 Å². The van der Waals surface area contributed by atoms with Crippen LogP contribution in [0.4, 0.5) is 0 Å². The molecule has 0 fully saturated rings. The van der Waals surface area contributed by atoms with Gasteiger partial charge in [0.05, 0.1) is 10.9 Å². The zero-order valence-electron chi connectivity index (χ0n) is 16.8. The Hall–Kier alpha value is -3.21. The van der Waals surface area contributed by atoms with Gasteiger partial charge in [-0.1, -0.05) is 65.4 Å². The molecule has 0 saturated carbocycles. The smallest absolute Gasteiger partial charge is 0.263 e. The van der Waals surface area contributed by atoms with Crippen LogP contribution in [-0.2, 0) is 6.54 Å². The quantitative estimate of drug-likeness (QED) is 0.297. The van der Waals surface area contributed by atoms with Crippen molar-refractivity contribution in [1.82, 2.24) is 0 Å². The summed E-state index contributed by atoms with van der Waals surface area (Å²) in [5.74, 6) is 0. The molecule has 2 aromatic heterocycles. The maximum absolute atomic E-state index is 13.0. The summed E-state index contributed by atoms with van der Waals surface area (Å²) in [6, 6.07) is 22.2. The van der Waals surface area contributed by atoms with Crippen LogP contribution in [0.15, 0.2) is 82.2 Å². The second-order valence-corrected chi connectivity index (χ2v) is 8.93. The van der Waals surface area contributed by atoms with E-state index in [4.69, 9.17) is 16.0 Å². The average Bonchev–Trinajstić information content (AvgIpc) is 3.12. The highest BCUT2D eigenvalue weighted by molar-refractivity contribution is 7.18. The third kappa shape index (κ3) is 3.80. The summed E-state index contributed by atoms with van der Waals surface area (Å²) in [5.41, 5.74) is 4.23. The van der Waals surface area contributed by atoms with Crippen LogP contribution in [-0.4, -0.2) is 0 Å². The summed E-state index contributed by atoms with van der Waals surface area (Å²) in [6.07, 6.45) is 5.34. The Balaban J connectivity index is 1.60. The second-order valence-electron chi connectivity index (χ2n) is 7.43. The molecular formula is C26H19ClNO2S+. The topological polar surface area (TPSA) is 34.1 Å². The van der Waals surface area contributed by atoms with Crippen molar-refractivity contribution in [2.75, 3.05) is 0 Å². The average molecular weight is 445 g/mol. The first-order valence-corrected chi connectivity index (χ1v) is 11.1. The number of thiazole rings is 1. The molecule has 0 atom stereocenters. The van der Waals surface area contributed by atoms with Gasteiger partial charge in [0.25, 0.3) is 5.01 Å². The molecule has 31 heavy (non-hydrogen) atoms. The molecule has 0 aliphatic heterocycles. The fraction of sp³-hybridized carbons (Fsp3) is 0.0769. The van der Waals surface area contributed by atoms with Crippen molar-refractivity contribution in [1.29, 1.82) is 0 Å². The molecule has 0 aliphatic rings. The minimum atomic E-state index is -0.0844. The van der Waals surface area contributed by atoms with Crippen LogP contribution in [0.1, 0.15) is 21.7 Å². The van der Waals surface area contributed by atoms with E-state index in [9.17, 15) is 4.79 Å². The van der Waals surface area contributed by atoms with Crippen molar-refractivity contribution in [2.45, 2.75) is 13.5 Å². The van der Waals surface area contributed by atoms with Crippen molar-refractivity contribution >= 4 is 56.3 Å². The molecule has 0 saturated heterocycles. The maximum Gasteiger partial charge on any atom is 0.263 e. The largest absolute Gasteiger partial charge is 0.463 e. The van der Waals surface area contributed by atoms with Crippen molar-refractivity contribution in [3.63, 3.8) is 0 Å². The first kappa shape index (κ1) is 19.7. The number of rotatable bonds is 4. The number of halogens is 1. The van der Waals surface area contributed by atoms with Crippen molar-refractivity contribution in [3.8, 4) is 0 Å². The summed E-state index contributed by atoms with van der Waals surface area (Å²) in [4.78, 5) is 13.0. The second kappa shape index (κ2) is 8.14. The third-order valence-corrected chi connectivity index (χ3v) is 6.62. The monoisotopic (exact) mass is 444 g/mol. The van der Waals surface area contributed by atoms with E-state index in [2.05, 4.69) is 28.8 Å². The van der Waals surface area contributed by atoms with Gasteiger partial charge in [-0.3, -0.25) is 4.79 Å². The Labute approximate surface area is 188 Å². The van der Waals surface area contributed by atoms with Crippen LogP contribution in [0, 0.1) is 6.92 Å². The Morgan fingerprint density at radius 2 is 1.81 bits per heavy atom. The van der Waals surface area contributed by atoms with Crippen LogP contribution in [0.2, 0.25) is 5.02 Å². The first-order chi connectivity index (χ1) is 15.1. The highest BCUT2D eigenvalue weighted by atomic mass is 35.5. The fourth-order valence-corrected chi connectivity index (χ4v) is 5.11. The van der Waals surface area contributed by atoms with E-state index in [0.29, 0.717) is 21.6 Å². The summed E-state index contributed by atoms with van der Waals surface area (Å²) in [6.45, 7) is 2.64. The van der Waals surface area contributed by atoms with Gasteiger partial charge in [0.15, 0.2) is 12.0 Å². The van der Waals surface area contributed by atoms with Gasteiger partial charge in [-0.15, -0.1) is 0 Å². The Morgan fingerprint density at radius 1 is 1.03 bits per heavy atom. The van der Waals surface area contributed by atoms with Gasteiger partial charge in [-0.2, -0.15) is 4.57 Å². The first-order valence-electron chi connectivity index (χ1n) is 9.95. The lowest BCUT2D eigenvalue weighted by molar-refractivity contribution is -0.659. The number of fused-ring (bicyclic) bond motifs is 2. The Kier molecular flexibility index (Phi) is 5.18. The number of para-hydroxylation sites is 1. The summed E-state index contributed by atoms with van der Waals surface area (Å²) in [7, 11) is 0. The maximum atomic E-state index is 13.0. The van der Waals surface area contributed by atoms with Crippen molar-refractivity contribution < 1.29 is 8.98 Å². The number of hydrogen-bond acceptors (Lipinski definition) is 3. The highest BCUT2D eigenvalue weighted by Gasteiger charge is 2.19. The van der Waals surface area contributed by atoms with Gasteiger partial charge >= 0.3 is 0 Å².